The molecule has 0 aliphatic carbocycles. The van der Waals surface area contributed by atoms with Gasteiger partial charge in [0.15, 0.2) is 0 Å². The van der Waals surface area contributed by atoms with E-state index in [1.807, 2.05) is 306 Å². The third-order valence-electron chi connectivity index (χ3n) is 14.4. The van der Waals surface area contributed by atoms with Crippen LogP contribution in [0.15, 0.2) is 341 Å². The van der Waals surface area contributed by atoms with Gasteiger partial charge in [0.25, 0.3) is 0 Å². The number of hydrogen-bond donors (Lipinski definition) is 0. The maximum absolute atomic E-state index is 12.1. The van der Waals surface area contributed by atoms with E-state index in [0.29, 0.717) is 34.1 Å². The second-order valence-electron chi connectivity index (χ2n) is 23.3. The summed E-state index contributed by atoms with van der Waals surface area (Å²) in [5.74, 6) is -1.89. The summed E-state index contributed by atoms with van der Waals surface area (Å²) in [6.45, 7) is 12.6. The smallest absolute Gasteiger partial charge is 0.318 e. The minimum atomic E-state index is -0.527. The summed E-state index contributed by atoms with van der Waals surface area (Å²) in [7, 11) is 0. The number of rotatable bonds is 18. The van der Waals surface area contributed by atoms with Crippen molar-refractivity contribution >= 4 is 69.2 Å². The fourth-order valence-corrected chi connectivity index (χ4v) is 8.83. The molecule has 0 spiro atoms. The number of hydrogen-bond acceptors (Lipinski definition) is 15. The average Bonchev–Trinajstić information content (AvgIpc) is 0.847. The van der Waals surface area contributed by atoms with E-state index in [0.717, 1.165) is 55.5 Å². The lowest BCUT2D eigenvalue weighted by Gasteiger charge is -2.13. The third kappa shape index (κ3) is 26.9. The van der Waals surface area contributed by atoms with Crippen molar-refractivity contribution in [2.75, 3.05) is 0 Å². The minimum Gasteiger partial charge on any atom is -0.318 e. The van der Waals surface area contributed by atoms with Crippen molar-refractivity contribution in [1.82, 2.24) is 0 Å². The van der Waals surface area contributed by atoms with Crippen molar-refractivity contribution in [3.8, 4) is 0 Å². The Hall–Kier alpha value is -12.6. The fraction of sp³-hybridized carbons (Fsp3) is 0.129. The summed E-state index contributed by atoms with van der Waals surface area (Å²) in [5, 5.41) is 21.9. The number of benzene rings is 11. The predicted octanol–water partition coefficient (Wildman–Crippen LogP) is 18.0. The molecule has 0 fully saturated rings. The van der Waals surface area contributed by atoms with E-state index in [-0.39, 0.29) is 43.1 Å². The molecule has 0 saturated heterocycles. The van der Waals surface area contributed by atoms with E-state index in [9.17, 15) is 24.0 Å². The molecule has 11 aromatic carbocycles. The molecule has 0 N–H and O–H groups in total. The molecule has 15 heteroatoms. The van der Waals surface area contributed by atoms with Gasteiger partial charge in [-0.1, -0.05) is 323 Å². The van der Waals surface area contributed by atoms with Crippen LogP contribution in [0, 0.1) is 5.41 Å². The van der Waals surface area contributed by atoms with Crippen molar-refractivity contribution < 1.29 is 48.2 Å². The van der Waals surface area contributed by atoms with Crippen molar-refractivity contribution in [3.63, 3.8) is 0 Å². The molecule has 0 radical (unpaired) electrons. The van der Waals surface area contributed by atoms with Gasteiger partial charge >= 0.3 is 29.8 Å². The summed E-state index contributed by atoms with van der Waals surface area (Å²) in [6, 6.07) is 99.5. The van der Waals surface area contributed by atoms with Gasteiger partial charge in [0.2, 0.25) is 0 Å². The molecule has 0 aliphatic rings. The summed E-state index contributed by atoms with van der Waals surface area (Å²) in [6.07, 6.45) is 0.642. The molecule has 0 bridgehead atoms. The monoisotopic (exact) mass is 1330 g/mol. The first kappa shape index (κ1) is 74.8. The van der Waals surface area contributed by atoms with E-state index in [1.165, 1.54) is 5.39 Å². The number of carbonyl (C=O) groups is 5. The highest BCUT2D eigenvalue weighted by molar-refractivity contribution is 6.13. The number of oxime groups is 5. The molecule has 100 heavy (non-hydrogen) atoms. The number of carbonyl (C=O) groups excluding carboxylic acids is 5. The van der Waals surface area contributed by atoms with Crippen LogP contribution >= 0.6 is 0 Å². The molecule has 0 heterocycles. The first-order chi connectivity index (χ1) is 48.5. The quantitative estimate of drug-likeness (QED) is 0.0453. The molecule has 0 saturated carbocycles. The maximum Gasteiger partial charge on any atom is 0.365 e. The molecule has 11 aromatic rings. The SMILES string of the molecule is C/C(=N/OC(=O)C(C)(C)C)c1ccccc1.C/C(=N/OC(=O)Cc1ccccc1)c1ccc2ccccc2c1.C/C(=N/OC(=O)Cc1ccccc1)c1ccccc1.C/C(=N/OC(=O)c1ccccc1)c1ccccc1.O=C(Cc1ccccc1)ON=C(c1ccccc1)c1ccccc1. The zero-order valence-electron chi connectivity index (χ0n) is 57.0. The van der Waals surface area contributed by atoms with Gasteiger partial charge in [-0.05, 0) is 116 Å². The van der Waals surface area contributed by atoms with Gasteiger partial charge in [-0.2, -0.15) is 0 Å². The van der Waals surface area contributed by atoms with E-state index in [4.69, 9.17) is 24.2 Å². The summed E-state index contributed by atoms with van der Waals surface area (Å²) >= 11 is 0. The zero-order chi connectivity index (χ0) is 71.2. The van der Waals surface area contributed by atoms with Crippen molar-refractivity contribution in [1.29, 1.82) is 0 Å². The second-order valence-corrected chi connectivity index (χ2v) is 23.3. The highest BCUT2D eigenvalue weighted by Gasteiger charge is 2.24. The Balaban J connectivity index is 0.000000177. The second kappa shape index (κ2) is 40.7. The van der Waals surface area contributed by atoms with E-state index < -0.39 is 11.4 Å². The van der Waals surface area contributed by atoms with Gasteiger partial charge < -0.3 is 24.2 Å². The van der Waals surface area contributed by atoms with Crippen LogP contribution < -0.4 is 0 Å². The Morgan fingerprint density at radius 3 is 0.890 bits per heavy atom. The Labute approximate surface area is 584 Å². The van der Waals surface area contributed by atoms with E-state index in [1.54, 1.807) is 52.0 Å². The predicted molar refractivity (Wildman–Crippen MR) is 397 cm³/mol. The van der Waals surface area contributed by atoms with Crippen LogP contribution in [0.3, 0.4) is 0 Å². The highest BCUT2D eigenvalue weighted by atomic mass is 16.7. The van der Waals surface area contributed by atoms with Crippen LogP contribution in [0.25, 0.3) is 10.8 Å². The first-order valence-electron chi connectivity index (χ1n) is 32.2. The molecular weight excluding hydrogens is 1250 g/mol. The third-order valence-corrected chi connectivity index (χ3v) is 14.4. The van der Waals surface area contributed by atoms with Gasteiger partial charge in [-0.15, -0.1) is 0 Å². The molecule has 0 unspecified atom stereocenters. The van der Waals surface area contributed by atoms with Crippen LogP contribution in [0.2, 0.25) is 0 Å². The van der Waals surface area contributed by atoms with Crippen LogP contribution in [0.1, 0.15) is 109 Å². The van der Waals surface area contributed by atoms with Crippen molar-refractivity contribution in [2.45, 2.75) is 67.7 Å². The lowest BCUT2D eigenvalue weighted by atomic mass is 9.98. The largest absolute Gasteiger partial charge is 0.365 e. The van der Waals surface area contributed by atoms with Gasteiger partial charge in [-0.3, -0.25) is 0 Å². The summed E-state index contributed by atoms with van der Waals surface area (Å²) in [4.78, 5) is 83.5. The van der Waals surface area contributed by atoms with Crippen LogP contribution in [0.4, 0.5) is 0 Å². The molecule has 504 valence electrons. The summed E-state index contributed by atoms with van der Waals surface area (Å²) < 4.78 is 0. The number of nitrogens with zero attached hydrogens (tertiary/aromatic N) is 5. The standard InChI is InChI=1S/C21H17NO2.C20H17NO2.C16H15NO2.C15H13NO2.C13H17NO2/c23-20(16-17-10-4-1-5-11-17)24-22-21(18-12-6-2-7-13-18)19-14-8-3-9-15-19;1-15(18-12-11-17-9-5-6-10-19(17)14-18)21-23-20(22)13-16-7-3-2-4-8-16;1-13(15-10-6-3-7-11-15)17-19-16(18)12-14-8-4-2-5-9-14;1-12(13-8-4-2-5-9-13)16-18-15(17)14-10-6-3-7-11-14;1-10(11-8-6-5-7-9-11)14-16-12(15)13(2,3)4/h1-15H,16H2;2-12,14H,13H2,1H3;2-11H,12H2,1H3;2-11H,1H3;5-9H,1-4H3/b;21-15-;17-13-;16-12-;14-10-. The molecule has 0 aliphatic heterocycles. The maximum atomic E-state index is 12.1. The van der Waals surface area contributed by atoms with Gasteiger partial charge in [-0.25, -0.2) is 24.0 Å². The van der Waals surface area contributed by atoms with Gasteiger partial charge in [0, 0.05) is 11.1 Å². The highest BCUT2D eigenvalue weighted by Crippen LogP contribution is 2.19. The van der Waals surface area contributed by atoms with Crippen molar-refractivity contribution in [2.24, 2.45) is 31.2 Å². The van der Waals surface area contributed by atoms with E-state index in [2.05, 4.69) is 31.8 Å². The Morgan fingerprint density at radius 2 is 0.540 bits per heavy atom. The van der Waals surface area contributed by atoms with Crippen molar-refractivity contribution in [3.05, 3.63) is 371 Å². The molecular formula is C85H79N5O10. The normalized spacial score (nSPS) is 11.1. The molecule has 15 nitrogen and oxygen atoms in total. The van der Waals surface area contributed by atoms with Crippen LogP contribution in [-0.4, -0.2) is 58.4 Å². The fourth-order valence-electron chi connectivity index (χ4n) is 8.83. The van der Waals surface area contributed by atoms with Crippen LogP contribution in [-0.2, 0) is 62.6 Å². The minimum absolute atomic E-state index is 0.196. The Kier molecular flexibility index (Phi) is 30.4. The lowest BCUT2D eigenvalue weighted by Crippen LogP contribution is -2.21. The molecule has 0 atom stereocenters. The molecule has 0 aromatic heterocycles. The molecule has 0 amide bonds. The molecule has 11 rings (SSSR count). The Bertz CT molecular complexity index is 4450. The van der Waals surface area contributed by atoms with Crippen LogP contribution in [0.5, 0.6) is 0 Å². The first-order valence-corrected chi connectivity index (χ1v) is 32.2. The summed E-state index contributed by atoms with van der Waals surface area (Å²) in [5.41, 5.74) is 11.6. The topological polar surface area (TPSA) is 193 Å². The Morgan fingerprint density at radius 1 is 0.270 bits per heavy atom. The number of fused-ring (bicyclic) bond motifs is 1. The van der Waals surface area contributed by atoms with E-state index >= 15 is 0 Å². The van der Waals surface area contributed by atoms with Gasteiger partial charge in [0.05, 0.1) is 53.1 Å². The zero-order valence-corrected chi connectivity index (χ0v) is 57.0. The lowest BCUT2D eigenvalue weighted by molar-refractivity contribution is -0.153. The average molecular weight is 1330 g/mol. The van der Waals surface area contributed by atoms with Gasteiger partial charge in [0.1, 0.15) is 5.71 Å².